The van der Waals surface area contributed by atoms with Crippen molar-refractivity contribution in [2.24, 2.45) is 5.92 Å². The normalized spacial score (nSPS) is 20.2. The first-order valence-corrected chi connectivity index (χ1v) is 10.6. The second kappa shape index (κ2) is 8.93. The number of fused-ring (bicyclic) bond motifs is 1. The van der Waals surface area contributed by atoms with Gasteiger partial charge in [-0.1, -0.05) is 36.4 Å². The maximum atomic E-state index is 12.9. The minimum atomic E-state index is -0.755. The predicted molar refractivity (Wildman–Crippen MR) is 119 cm³/mol. The second-order valence-electron chi connectivity index (χ2n) is 7.56. The molecular weight excluding hydrogens is 404 g/mol. The number of carbonyl (C=O) groups is 1. The van der Waals surface area contributed by atoms with Crippen LogP contribution in [0.5, 0.6) is 11.5 Å². The Hall–Kier alpha value is -1.77. The molecule has 0 saturated carbocycles. The van der Waals surface area contributed by atoms with Crippen molar-refractivity contribution in [2.75, 3.05) is 13.1 Å². The van der Waals surface area contributed by atoms with E-state index in [4.69, 9.17) is 9.05 Å². The minimum Gasteiger partial charge on any atom is -0.476 e. The molecule has 2 aromatic rings. The van der Waals surface area contributed by atoms with E-state index in [9.17, 15) is 9.90 Å². The highest BCUT2D eigenvalue weighted by molar-refractivity contribution is 7.10. The Labute approximate surface area is 175 Å². The third-order valence-electron chi connectivity index (χ3n) is 5.80. The Kier molecular flexibility index (Phi) is 6.32. The summed E-state index contributed by atoms with van der Waals surface area (Å²) in [7, 11) is 4.37. The molecule has 0 amide bonds. The van der Waals surface area contributed by atoms with E-state index in [1.54, 1.807) is 6.07 Å². The van der Waals surface area contributed by atoms with Gasteiger partial charge in [-0.3, -0.25) is 9.69 Å². The van der Waals surface area contributed by atoms with E-state index in [1.165, 1.54) is 5.56 Å². The van der Waals surface area contributed by atoms with Gasteiger partial charge in [0.05, 0.1) is 31.0 Å². The lowest BCUT2D eigenvalue weighted by atomic mass is 9.89. The Balaban J connectivity index is 1.45. The highest BCUT2D eigenvalue weighted by atomic mass is 31.0. The highest BCUT2D eigenvalue weighted by Gasteiger charge is 2.38. The summed E-state index contributed by atoms with van der Waals surface area (Å²) in [6.45, 7) is 2.55. The zero-order valence-corrected chi connectivity index (χ0v) is 18.4. The van der Waals surface area contributed by atoms with Crippen molar-refractivity contribution in [3.63, 3.8) is 0 Å². The molecule has 2 aromatic carbocycles. The molecular formula is C22H25NO4P2. The van der Waals surface area contributed by atoms with Crippen LogP contribution in [0.1, 0.15) is 27.9 Å². The molecule has 0 aromatic heterocycles. The van der Waals surface area contributed by atoms with E-state index in [-0.39, 0.29) is 5.78 Å². The van der Waals surface area contributed by atoms with E-state index in [0.717, 1.165) is 37.2 Å². The fourth-order valence-electron chi connectivity index (χ4n) is 4.21. The number of hydrogen-bond donors (Lipinski definition) is 1. The number of nitrogens with zero attached hydrogens (tertiary/aromatic N) is 1. The van der Waals surface area contributed by atoms with Crippen LogP contribution in [0.2, 0.25) is 0 Å². The smallest absolute Gasteiger partial charge is 0.169 e. The van der Waals surface area contributed by atoms with Gasteiger partial charge in [-0.05, 0) is 41.7 Å². The molecule has 4 atom stereocenters. The number of aliphatic hydroxyl groups excluding tert-OH is 1. The van der Waals surface area contributed by atoms with Gasteiger partial charge in [-0.2, -0.15) is 0 Å². The standard InChI is InChI=1S/C22H25NO4P2/c24-21(15-6-8-23(9-7-15)13-14-4-2-1-3-5-14)18-10-16-11-19(26-28)20(27-29)12-17(16)22(18)25/h1-6,11-12,18,21,24H,7-10,13,28-29H2. The van der Waals surface area contributed by atoms with Crippen LogP contribution in [-0.2, 0) is 13.0 Å². The van der Waals surface area contributed by atoms with E-state index >= 15 is 0 Å². The van der Waals surface area contributed by atoms with Crippen LogP contribution in [0.3, 0.4) is 0 Å². The fourth-order valence-corrected chi connectivity index (χ4v) is 4.58. The largest absolute Gasteiger partial charge is 0.476 e. The number of aliphatic hydroxyl groups is 1. The van der Waals surface area contributed by atoms with Crippen LogP contribution in [0.25, 0.3) is 0 Å². The second-order valence-corrected chi connectivity index (χ2v) is 8.03. The van der Waals surface area contributed by atoms with Crippen LogP contribution in [0, 0.1) is 5.92 Å². The highest BCUT2D eigenvalue weighted by Crippen LogP contribution is 2.40. The zero-order valence-electron chi connectivity index (χ0n) is 16.1. The topological polar surface area (TPSA) is 59.0 Å². The molecule has 1 aliphatic carbocycles. The Morgan fingerprint density at radius 2 is 1.86 bits per heavy atom. The average molecular weight is 429 g/mol. The van der Waals surface area contributed by atoms with Gasteiger partial charge in [-0.15, -0.1) is 0 Å². The first-order valence-electron chi connectivity index (χ1n) is 9.68. The molecule has 29 heavy (non-hydrogen) atoms. The summed E-state index contributed by atoms with van der Waals surface area (Å²) >= 11 is 0. The summed E-state index contributed by atoms with van der Waals surface area (Å²) in [5.74, 6) is 0.563. The summed E-state index contributed by atoms with van der Waals surface area (Å²) in [6.07, 6.45) is 2.61. The quantitative estimate of drug-likeness (QED) is 0.562. The van der Waals surface area contributed by atoms with E-state index < -0.39 is 12.0 Å². The number of benzene rings is 2. The van der Waals surface area contributed by atoms with Crippen LogP contribution in [0.15, 0.2) is 54.1 Å². The molecule has 4 rings (SSSR count). The maximum absolute atomic E-state index is 12.9. The van der Waals surface area contributed by atoms with Gasteiger partial charge in [0.15, 0.2) is 17.3 Å². The first-order chi connectivity index (χ1) is 14.1. The Morgan fingerprint density at radius 1 is 1.14 bits per heavy atom. The molecule has 0 bridgehead atoms. The molecule has 4 unspecified atom stereocenters. The number of rotatable bonds is 6. The van der Waals surface area contributed by atoms with Gasteiger partial charge in [0.25, 0.3) is 0 Å². The third kappa shape index (κ3) is 4.25. The summed E-state index contributed by atoms with van der Waals surface area (Å²) in [4.78, 5) is 15.3. The van der Waals surface area contributed by atoms with Gasteiger partial charge in [0.2, 0.25) is 0 Å². The van der Waals surface area contributed by atoms with Crippen molar-refractivity contribution in [2.45, 2.75) is 25.5 Å². The van der Waals surface area contributed by atoms with Crippen LogP contribution < -0.4 is 9.05 Å². The first kappa shape index (κ1) is 20.5. The monoisotopic (exact) mass is 429 g/mol. The molecule has 0 fully saturated rings. The van der Waals surface area contributed by atoms with E-state index in [2.05, 4.69) is 54.2 Å². The maximum Gasteiger partial charge on any atom is 0.169 e. The van der Waals surface area contributed by atoms with Gasteiger partial charge in [0, 0.05) is 25.2 Å². The van der Waals surface area contributed by atoms with Gasteiger partial charge < -0.3 is 14.2 Å². The molecule has 2 aliphatic rings. The van der Waals surface area contributed by atoms with Crippen molar-refractivity contribution in [3.05, 3.63) is 70.8 Å². The fraction of sp³-hybridized carbons (Fsp3) is 0.318. The minimum absolute atomic E-state index is 0.0290. The number of Topliss-reactive ketones (excluding diaryl/α,β-unsaturated/α-hetero) is 1. The van der Waals surface area contributed by atoms with Gasteiger partial charge in [-0.25, -0.2) is 0 Å². The molecule has 0 radical (unpaired) electrons. The van der Waals surface area contributed by atoms with Crippen molar-refractivity contribution in [3.8, 4) is 11.5 Å². The van der Waals surface area contributed by atoms with Crippen molar-refractivity contribution < 1.29 is 18.9 Å². The third-order valence-corrected chi connectivity index (χ3v) is 6.31. The Morgan fingerprint density at radius 3 is 2.52 bits per heavy atom. The predicted octanol–water partition coefficient (Wildman–Crippen LogP) is 3.57. The summed E-state index contributed by atoms with van der Waals surface area (Å²) in [5.41, 5.74) is 3.75. The Bertz CT molecular complexity index is 932. The molecule has 1 N–H and O–H groups in total. The molecule has 5 nitrogen and oxygen atoms in total. The summed E-state index contributed by atoms with van der Waals surface area (Å²) in [6, 6.07) is 13.9. The van der Waals surface area contributed by atoms with Crippen LogP contribution in [-0.4, -0.2) is 35.0 Å². The summed E-state index contributed by atoms with van der Waals surface area (Å²) < 4.78 is 10.5. The van der Waals surface area contributed by atoms with Crippen LogP contribution >= 0.6 is 18.9 Å². The van der Waals surface area contributed by atoms with Crippen molar-refractivity contribution in [1.29, 1.82) is 0 Å². The van der Waals surface area contributed by atoms with E-state index in [0.29, 0.717) is 23.5 Å². The van der Waals surface area contributed by atoms with E-state index in [1.807, 2.05) is 12.1 Å². The average Bonchev–Trinajstić information content (AvgIpc) is 3.09. The molecule has 0 spiro atoms. The summed E-state index contributed by atoms with van der Waals surface area (Å²) in [5, 5.41) is 11.0. The van der Waals surface area contributed by atoms with Gasteiger partial charge in [0.1, 0.15) is 0 Å². The molecule has 152 valence electrons. The lowest BCUT2D eigenvalue weighted by Crippen LogP contribution is -2.34. The number of ketones is 1. The lowest BCUT2D eigenvalue weighted by molar-refractivity contribution is 0.0773. The van der Waals surface area contributed by atoms with Gasteiger partial charge >= 0.3 is 0 Å². The van der Waals surface area contributed by atoms with Crippen molar-refractivity contribution >= 4 is 24.7 Å². The van der Waals surface area contributed by atoms with Crippen molar-refractivity contribution in [1.82, 2.24) is 4.90 Å². The lowest BCUT2D eigenvalue weighted by Gasteiger charge is -2.29. The number of carbonyl (C=O) groups excluding carboxylic acids is 1. The zero-order chi connectivity index (χ0) is 20.4. The number of hydrogen-bond acceptors (Lipinski definition) is 5. The molecule has 1 aliphatic heterocycles. The molecule has 1 heterocycles. The SMILES string of the molecule is O=C1c2cc(OP)c(OP)cc2CC1C(O)C1=CCN(Cc2ccccc2)CC1. The molecule has 0 saturated heterocycles. The molecule has 7 heteroatoms. The van der Waals surface area contributed by atoms with Crippen LogP contribution in [0.4, 0.5) is 0 Å².